The van der Waals surface area contributed by atoms with Crippen LogP contribution in [0.25, 0.3) is 0 Å². The Balaban J connectivity index is 2.38. The van der Waals surface area contributed by atoms with E-state index in [-0.39, 0.29) is 56.1 Å². The monoisotopic (exact) mass is 555 g/mol. The van der Waals surface area contributed by atoms with Crippen LogP contribution in [0.5, 0.6) is 0 Å². The molecule has 1 aliphatic heterocycles. The van der Waals surface area contributed by atoms with Crippen molar-refractivity contribution in [2.75, 3.05) is 39.4 Å². The first-order valence-corrected chi connectivity index (χ1v) is 13.1. The normalized spacial score (nSPS) is 15.4. The van der Waals surface area contributed by atoms with Gasteiger partial charge < -0.3 is 20.1 Å². The number of carbonyl (C=O) groups is 5. The quantitative estimate of drug-likeness (QED) is 0.0453. The molecule has 0 spiro atoms. The van der Waals surface area contributed by atoms with Gasteiger partial charge in [0, 0.05) is 6.54 Å². The Morgan fingerprint density at radius 2 is 1.82 bits per heavy atom. The van der Waals surface area contributed by atoms with E-state index in [1.54, 1.807) is 13.8 Å². The molecular weight excluding hydrogens is 516 g/mol. The fraction of sp³-hybridized carbons (Fsp3) is 0.682. The third-order valence-electron chi connectivity index (χ3n) is 5.34. The summed E-state index contributed by atoms with van der Waals surface area (Å²) in [6.45, 7) is 8.71. The van der Waals surface area contributed by atoms with Gasteiger partial charge in [0.05, 0.1) is 13.2 Å². The second kappa shape index (κ2) is 18.9. The number of nitrogens with zero attached hydrogens (tertiary/aromatic N) is 2. The number of unbranched alkanes of at least 4 members (excludes halogenated alkanes) is 1. The molecule has 1 aliphatic rings. The van der Waals surface area contributed by atoms with Crippen molar-refractivity contribution in [3.05, 3.63) is 12.5 Å². The van der Waals surface area contributed by atoms with Crippen LogP contribution in [0.3, 0.4) is 0 Å². The van der Waals surface area contributed by atoms with Crippen molar-refractivity contribution in [3.63, 3.8) is 0 Å². The zero-order valence-corrected chi connectivity index (χ0v) is 23.2. The van der Waals surface area contributed by atoms with Gasteiger partial charge in [-0.1, -0.05) is 0 Å². The maximum absolute atomic E-state index is 12.7. The van der Waals surface area contributed by atoms with Crippen LogP contribution in [0.2, 0.25) is 0 Å². The number of imide groups is 1. The minimum absolute atomic E-state index is 0.00992. The molecule has 1 rings (SSSR count). The molecule has 0 bridgehead atoms. The van der Waals surface area contributed by atoms with E-state index in [9.17, 15) is 24.0 Å². The van der Waals surface area contributed by atoms with Crippen LogP contribution in [0.4, 0.5) is 4.79 Å². The second-order valence-corrected chi connectivity index (χ2v) is 8.47. The average Bonchev–Trinajstić information content (AvgIpc) is 3.15. The maximum Gasteiger partial charge on any atom is 0.0870 e. The summed E-state index contributed by atoms with van der Waals surface area (Å²) in [6.07, 6.45) is 1.23. The Kier molecular flexibility index (Phi) is 16.4. The van der Waals surface area contributed by atoms with Crippen molar-refractivity contribution in [2.45, 2.75) is 58.0 Å². The number of hydrogen-bond donors (Lipinski definition) is 5. The predicted octanol–water partition coefficient (Wildman–Crippen LogP) is -0.699. The number of likely N-dealkylation sites (tertiary alicyclic amines) is 1. The standard InChI is InChI=1S/C22H39BN7O7P/c1-4-36-15(3)27-16(8-6-7-10-26-22(35)37-5-2)20(33)25-12-11-24-18(31)9-13-30-19(32)14-17(21(30)34)28-23-29-38/h16-17,27-28H,3-14,38H2,1-2H3,(H,24,31)(H,25,33)(H,26,35). The van der Waals surface area contributed by atoms with Crippen molar-refractivity contribution in [1.82, 2.24) is 31.4 Å². The SMILES string of the molecule is C=C(NC(CCCCNC(=O)OCC)C(=O)NCCNC(=O)CCN1C(=O)CC(N/B=N/P)C1=O)OCC. The molecule has 0 aliphatic carbocycles. The first kappa shape index (κ1) is 32.8. The molecule has 3 atom stereocenters. The Bertz CT molecular complexity index is 862. The van der Waals surface area contributed by atoms with Crippen molar-refractivity contribution in [1.29, 1.82) is 0 Å². The Morgan fingerprint density at radius 3 is 2.50 bits per heavy atom. The van der Waals surface area contributed by atoms with E-state index in [0.717, 1.165) is 4.90 Å². The number of carbonyl (C=O) groups excluding carboxylic acids is 5. The Hall–Kier alpha value is -3.22. The zero-order chi connectivity index (χ0) is 28.3. The molecule has 3 unspecified atom stereocenters. The van der Waals surface area contributed by atoms with Crippen LogP contribution in [-0.2, 0) is 28.7 Å². The van der Waals surface area contributed by atoms with Crippen LogP contribution in [0, 0.1) is 0 Å². The van der Waals surface area contributed by atoms with Crippen molar-refractivity contribution >= 4 is 46.3 Å². The third-order valence-corrected chi connectivity index (χ3v) is 5.49. The molecule has 1 fully saturated rings. The van der Waals surface area contributed by atoms with Crippen molar-refractivity contribution in [2.24, 2.45) is 4.67 Å². The molecule has 1 saturated heterocycles. The van der Waals surface area contributed by atoms with Gasteiger partial charge in [-0.15, -0.1) is 0 Å². The molecule has 0 aromatic carbocycles. The van der Waals surface area contributed by atoms with E-state index in [1.807, 2.05) is 0 Å². The Morgan fingerprint density at radius 1 is 1.11 bits per heavy atom. The van der Waals surface area contributed by atoms with Gasteiger partial charge in [-0.3, -0.25) is 4.79 Å². The molecule has 16 heteroatoms. The van der Waals surface area contributed by atoms with Gasteiger partial charge in [-0.2, -0.15) is 0 Å². The largest absolute Gasteiger partial charge is 0.480 e. The minimum Gasteiger partial charge on any atom is -0.480 e. The molecule has 0 saturated carbocycles. The summed E-state index contributed by atoms with van der Waals surface area (Å²) in [5.41, 5.74) is 0. The first-order chi connectivity index (χ1) is 18.2. The molecule has 5 amide bonds. The van der Waals surface area contributed by atoms with Gasteiger partial charge in [0.15, 0.2) is 5.88 Å². The van der Waals surface area contributed by atoms with Crippen molar-refractivity contribution in [3.8, 4) is 0 Å². The second-order valence-electron chi connectivity index (χ2n) is 8.17. The van der Waals surface area contributed by atoms with Crippen LogP contribution in [0.15, 0.2) is 17.1 Å². The van der Waals surface area contributed by atoms with Gasteiger partial charge in [0.2, 0.25) is 0 Å². The zero-order valence-electron chi connectivity index (χ0n) is 22.0. The Labute approximate surface area is 226 Å². The summed E-state index contributed by atoms with van der Waals surface area (Å²) in [7, 11) is 3.44. The molecule has 1 heterocycles. The van der Waals surface area contributed by atoms with Crippen LogP contribution >= 0.6 is 9.39 Å². The summed E-state index contributed by atoms with van der Waals surface area (Å²) >= 11 is 0. The van der Waals surface area contributed by atoms with Crippen LogP contribution in [0.1, 0.15) is 46.0 Å². The number of ether oxygens (including phenoxy) is 2. The van der Waals surface area contributed by atoms with Gasteiger partial charge in [0.1, 0.15) is 6.04 Å². The molecule has 14 nitrogen and oxygen atoms in total. The van der Waals surface area contributed by atoms with Gasteiger partial charge in [-0.25, -0.2) is 4.79 Å². The van der Waals surface area contributed by atoms with E-state index in [4.69, 9.17) is 9.47 Å². The number of hydrogen-bond acceptors (Lipinski definition) is 9. The number of amides is 5. The fourth-order valence-electron chi connectivity index (χ4n) is 3.52. The molecule has 5 N–H and O–H groups in total. The minimum atomic E-state index is -0.681. The van der Waals surface area contributed by atoms with Crippen molar-refractivity contribution < 1.29 is 33.4 Å². The van der Waals surface area contributed by atoms with E-state index < -0.39 is 24.1 Å². The molecule has 212 valence electrons. The fourth-order valence-corrected chi connectivity index (χ4v) is 3.60. The predicted molar refractivity (Wildman–Crippen MR) is 143 cm³/mol. The summed E-state index contributed by atoms with van der Waals surface area (Å²) in [6, 6.07) is -1.29. The summed E-state index contributed by atoms with van der Waals surface area (Å²) in [5, 5.41) is 13.7. The van der Waals surface area contributed by atoms with E-state index in [2.05, 4.69) is 47.1 Å². The van der Waals surface area contributed by atoms with Gasteiger partial charge in [0.25, 0.3) is 0 Å². The van der Waals surface area contributed by atoms with E-state index in [1.165, 1.54) is 7.21 Å². The number of alkyl carbamates (subject to hydrolysis) is 1. The summed E-state index contributed by atoms with van der Waals surface area (Å²) < 4.78 is 13.7. The van der Waals surface area contributed by atoms with Crippen LogP contribution in [-0.4, -0.2) is 93.3 Å². The topological polar surface area (TPSA) is 180 Å². The molecular formula is C22H39BN7O7P. The average molecular weight is 555 g/mol. The summed E-state index contributed by atoms with van der Waals surface area (Å²) in [4.78, 5) is 61.6. The smallest absolute Gasteiger partial charge is 0.0870 e. The summed E-state index contributed by atoms with van der Waals surface area (Å²) in [5.74, 6) is -1.12. The maximum atomic E-state index is 12.7. The van der Waals surface area contributed by atoms with Crippen LogP contribution < -0.4 is 26.5 Å². The molecule has 38 heavy (non-hydrogen) atoms. The van der Waals surface area contributed by atoms with Gasteiger partial charge in [-0.05, 0) is 39.7 Å². The molecule has 0 aromatic heterocycles. The molecule has 0 aromatic rings. The molecule has 0 radical (unpaired) electrons. The third kappa shape index (κ3) is 12.8. The first-order valence-electron chi connectivity index (χ1n) is 12.6. The van der Waals surface area contributed by atoms with E-state index >= 15 is 0 Å². The van der Waals surface area contributed by atoms with Gasteiger partial charge >= 0.3 is 125 Å². The number of rotatable bonds is 19. The number of nitrogens with one attached hydrogen (secondary N) is 5. The van der Waals surface area contributed by atoms with E-state index in [0.29, 0.717) is 39.0 Å².